The molecule has 6 nitrogen and oxygen atoms in total. The molecule has 0 aliphatic heterocycles. The lowest BCUT2D eigenvalue weighted by Crippen LogP contribution is -2.22. The number of esters is 1. The van der Waals surface area contributed by atoms with Gasteiger partial charge in [-0.15, -0.1) is 0 Å². The quantitative estimate of drug-likeness (QED) is 0.553. The topological polar surface area (TPSA) is 81.7 Å². The minimum atomic E-state index is -0.644. The van der Waals surface area contributed by atoms with Crippen molar-refractivity contribution in [2.45, 2.75) is 13.3 Å². The zero-order valence-corrected chi connectivity index (χ0v) is 16.2. The van der Waals surface area contributed by atoms with E-state index in [2.05, 4.69) is 5.32 Å². The molecule has 0 heterocycles. The molecule has 1 amide bonds. The average Bonchev–Trinajstić information content (AvgIpc) is 2.63. The fraction of sp³-hybridized carbons (Fsp3) is 0.211. The number of halogens is 2. The Morgan fingerprint density at radius 3 is 2.33 bits per heavy atom. The molecule has 8 heteroatoms. The smallest absolute Gasteiger partial charge is 0.310 e. The summed E-state index contributed by atoms with van der Waals surface area (Å²) in [5.74, 6) is -0.912. The van der Waals surface area contributed by atoms with Gasteiger partial charge in [0, 0.05) is 11.1 Å². The van der Waals surface area contributed by atoms with Gasteiger partial charge in [-0.2, -0.15) is 0 Å². The zero-order chi connectivity index (χ0) is 20.0. The molecule has 0 aliphatic rings. The first-order valence-corrected chi connectivity index (χ1v) is 8.64. The van der Waals surface area contributed by atoms with Crippen LogP contribution in [0, 0.1) is 0 Å². The number of carbonyl (C=O) groups excluding carboxylic acids is 3. The van der Waals surface area contributed by atoms with E-state index in [9.17, 15) is 14.4 Å². The number of Topliss-reactive ketones (excluding diaryl/α,β-unsaturated/α-hetero) is 1. The summed E-state index contributed by atoms with van der Waals surface area (Å²) in [4.78, 5) is 35.5. The summed E-state index contributed by atoms with van der Waals surface area (Å²) in [5.41, 5.74) is 1.19. The maximum absolute atomic E-state index is 12.1. The van der Waals surface area contributed by atoms with Gasteiger partial charge in [-0.3, -0.25) is 14.4 Å². The van der Waals surface area contributed by atoms with Crippen LogP contribution in [0.1, 0.15) is 22.8 Å². The van der Waals surface area contributed by atoms with Crippen LogP contribution in [0.3, 0.4) is 0 Å². The van der Waals surface area contributed by atoms with Gasteiger partial charge in [0.05, 0.1) is 29.3 Å². The lowest BCUT2D eigenvalue weighted by atomic mass is 10.0. The van der Waals surface area contributed by atoms with Gasteiger partial charge in [-0.1, -0.05) is 29.3 Å². The van der Waals surface area contributed by atoms with Crippen molar-refractivity contribution in [3.05, 3.63) is 57.6 Å². The Kier molecular flexibility index (Phi) is 7.21. The molecule has 27 heavy (non-hydrogen) atoms. The number of ether oxygens (including phenoxy) is 2. The van der Waals surface area contributed by atoms with Gasteiger partial charge < -0.3 is 14.8 Å². The third-order valence-corrected chi connectivity index (χ3v) is 4.24. The number of hydrogen-bond acceptors (Lipinski definition) is 5. The highest BCUT2D eigenvalue weighted by atomic mass is 35.5. The van der Waals surface area contributed by atoms with Gasteiger partial charge in [0.1, 0.15) is 5.75 Å². The summed E-state index contributed by atoms with van der Waals surface area (Å²) >= 11 is 11.9. The maximum atomic E-state index is 12.1. The second kappa shape index (κ2) is 9.39. The molecule has 0 saturated heterocycles. The van der Waals surface area contributed by atoms with E-state index in [-0.39, 0.29) is 27.9 Å². The molecule has 2 aromatic carbocycles. The molecule has 0 radical (unpaired) electrons. The number of amides is 1. The number of para-hydroxylation sites is 1. The number of nitrogens with one attached hydrogen (secondary N) is 1. The number of hydrogen-bond donors (Lipinski definition) is 1. The fourth-order valence-corrected chi connectivity index (χ4v) is 2.77. The van der Waals surface area contributed by atoms with E-state index in [0.29, 0.717) is 16.9 Å². The van der Waals surface area contributed by atoms with E-state index in [1.54, 1.807) is 36.4 Å². The Balaban J connectivity index is 1.97. The molecule has 142 valence electrons. The van der Waals surface area contributed by atoms with E-state index in [1.165, 1.54) is 14.0 Å². The summed E-state index contributed by atoms with van der Waals surface area (Å²) in [6.45, 7) is 0.920. The summed E-state index contributed by atoms with van der Waals surface area (Å²) in [6.07, 6.45) is -0.148. The van der Waals surface area contributed by atoms with E-state index in [1.807, 2.05) is 0 Å². The number of rotatable bonds is 7. The molecule has 0 saturated carbocycles. The normalized spacial score (nSPS) is 10.2. The van der Waals surface area contributed by atoms with E-state index >= 15 is 0 Å². The number of carbonyl (C=O) groups is 3. The number of ketones is 1. The Bertz CT molecular complexity index is 862. The van der Waals surface area contributed by atoms with Crippen molar-refractivity contribution in [2.24, 2.45) is 0 Å². The van der Waals surface area contributed by atoms with Crippen LogP contribution in [0.4, 0.5) is 5.69 Å². The molecule has 0 unspecified atom stereocenters. The minimum absolute atomic E-state index is 0.136. The Labute approximate surface area is 166 Å². The average molecular weight is 410 g/mol. The van der Waals surface area contributed by atoms with Crippen molar-refractivity contribution in [3.63, 3.8) is 0 Å². The van der Waals surface area contributed by atoms with Crippen molar-refractivity contribution >= 4 is 46.5 Å². The van der Waals surface area contributed by atoms with Gasteiger partial charge in [-0.25, -0.2) is 0 Å². The molecular formula is C19H17Cl2NO5. The monoisotopic (exact) mass is 409 g/mol. The lowest BCUT2D eigenvalue weighted by molar-refractivity contribution is -0.146. The second-order valence-corrected chi connectivity index (χ2v) is 6.38. The van der Waals surface area contributed by atoms with Crippen LogP contribution in [-0.4, -0.2) is 31.4 Å². The van der Waals surface area contributed by atoms with Crippen LogP contribution in [0.25, 0.3) is 0 Å². The van der Waals surface area contributed by atoms with Crippen LogP contribution in [0.2, 0.25) is 10.0 Å². The summed E-state index contributed by atoms with van der Waals surface area (Å²) in [6, 6.07) is 9.56. The third-order valence-electron chi connectivity index (χ3n) is 3.61. The minimum Gasteiger partial charge on any atom is -0.496 e. The van der Waals surface area contributed by atoms with Crippen LogP contribution in [0.5, 0.6) is 5.75 Å². The van der Waals surface area contributed by atoms with E-state index in [4.69, 9.17) is 32.7 Å². The molecule has 0 atom stereocenters. The van der Waals surface area contributed by atoms with Crippen LogP contribution in [-0.2, 0) is 20.7 Å². The van der Waals surface area contributed by atoms with Gasteiger partial charge >= 0.3 is 5.97 Å². The van der Waals surface area contributed by atoms with Crippen LogP contribution < -0.4 is 10.1 Å². The zero-order valence-electron chi connectivity index (χ0n) is 14.7. The summed E-state index contributed by atoms with van der Waals surface area (Å²) in [5, 5.41) is 3.04. The SMILES string of the molecule is COc1ccc(C(C)=O)cc1CC(=O)OCC(=O)Nc1c(Cl)cccc1Cl. The molecule has 1 N–H and O–H groups in total. The van der Waals surface area contributed by atoms with Gasteiger partial charge in [0.25, 0.3) is 5.91 Å². The number of anilines is 1. The standard InChI is InChI=1S/C19H17Cl2NO5/c1-11(23)12-6-7-16(26-2)13(8-12)9-18(25)27-10-17(24)22-19-14(20)4-3-5-15(19)21/h3-8H,9-10H2,1-2H3,(H,22,24). The maximum Gasteiger partial charge on any atom is 0.310 e. The largest absolute Gasteiger partial charge is 0.496 e. The predicted octanol–water partition coefficient (Wildman–Crippen LogP) is 3.93. The number of methoxy groups -OCH3 is 1. The lowest BCUT2D eigenvalue weighted by Gasteiger charge is -2.11. The second-order valence-electron chi connectivity index (χ2n) is 5.57. The molecule has 0 bridgehead atoms. The number of benzene rings is 2. The summed E-state index contributed by atoms with van der Waals surface area (Å²) in [7, 11) is 1.46. The van der Waals surface area contributed by atoms with Crippen LogP contribution in [0.15, 0.2) is 36.4 Å². The Morgan fingerprint density at radius 1 is 1.07 bits per heavy atom. The highest BCUT2D eigenvalue weighted by Gasteiger charge is 2.15. The molecule has 2 aromatic rings. The summed E-state index contributed by atoms with van der Waals surface area (Å²) < 4.78 is 10.2. The molecule has 2 rings (SSSR count). The first-order chi connectivity index (χ1) is 12.8. The first-order valence-electron chi connectivity index (χ1n) is 7.89. The highest BCUT2D eigenvalue weighted by molar-refractivity contribution is 6.39. The fourth-order valence-electron chi connectivity index (χ4n) is 2.28. The molecule has 0 spiro atoms. The van der Waals surface area contributed by atoms with Gasteiger partial charge in [-0.05, 0) is 37.3 Å². The van der Waals surface area contributed by atoms with Crippen molar-refractivity contribution in [2.75, 3.05) is 19.0 Å². The third kappa shape index (κ3) is 5.70. The Morgan fingerprint density at radius 2 is 1.74 bits per heavy atom. The Hall–Kier alpha value is -2.57. The van der Waals surface area contributed by atoms with E-state index in [0.717, 1.165) is 0 Å². The predicted molar refractivity (Wildman–Crippen MR) is 103 cm³/mol. The molecule has 0 aromatic heterocycles. The molecular weight excluding hydrogens is 393 g/mol. The van der Waals surface area contributed by atoms with Crippen molar-refractivity contribution < 1.29 is 23.9 Å². The highest BCUT2D eigenvalue weighted by Crippen LogP contribution is 2.29. The van der Waals surface area contributed by atoms with Crippen molar-refractivity contribution in [1.82, 2.24) is 0 Å². The van der Waals surface area contributed by atoms with E-state index < -0.39 is 18.5 Å². The van der Waals surface area contributed by atoms with Crippen LogP contribution >= 0.6 is 23.2 Å². The van der Waals surface area contributed by atoms with Gasteiger partial charge in [0.2, 0.25) is 0 Å². The van der Waals surface area contributed by atoms with Crippen molar-refractivity contribution in [3.8, 4) is 5.75 Å². The molecule has 0 aliphatic carbocycles. The van der Waals surface area contributed by atoms with Crippen molar-refractivity contribution in [1.29, 1.82) is 0 Å². The van der Waals surface area contributed by atoms with Gasteiger partial charge in [0.15, 0.2) is 12.4 Å². The first kappa shape index (κ1) is 20.7. The molecule has 0 fully saturated rings.